The van der Waals surface area contributed by atoms with E-state index in [0.29, 0.717) is 6.61 Å². The molecule has 0 bridgehead atoms. The van der Waals surface area contributed by atoms with Gasteiger partial charge in [-0.2, -0.15) is 0 Å². The summed E-state index contributed by atoms with van der Waals surface area (Å²) in [5.41, 5.74) is 0.821. The summed E-state index contributed by atoms with van der Waals surface area (Å²) in [5, 5.41) is 5.62. The quantitative estimate of drug-likeness (QED) is 0.794. The lowest BCUT2D eigenvalue weighted by Crippen LogP contribution is -2.38. The van der Waals surface area contributed by atoms with Gasteiger partial charge in [0.1, 0.15) is 0 Å². The molecule has 0 aliphatic carbocycles. The highest BCUT2D eigenvalue weighted by molar-refractivity contribution is 7.98. The minimum Gasteiger partial charge on any atom is -0.383 e. The molecule has 0 radical (unpaired) electrons. The van der Waals surface area contributed by atoms with E-state index in [1.807, 2.05) is 37.4 Å². The van der Waals surface area contributed by atoms with Crippen molar-refractivity contribution >= 4 is 23.5 Å². The second-order valence-corrected chi connectivity index (χ2v) is 4.50. The van der Waals surface area contributed by atoms with Crippen LogP contribution in [0.5, 0.6) is 0 Å². The molecule has 2 N–H and O–H groups in total. The van der Waals surface area contributed by atoms with Gasteiger partial charge in [-0.3, -0.25) is 0 Å². The van der Waals surface area contributed by atoms with Gasteiger partial charge in [-0.15, -0.1) is 11.8 Å². The van der Waals surface area contributed by atoms with Crippen LogP contribution in [-0.4, -0.2) is 32.0 Å². The van der Waals surface area contributed by atoms with Crippen LogP contribution in [-0.2, 0) is 4.74 Å². The lowest BCUT2D eigenvalue weighted by molar-refractivity contribution is 0.173. The van der Waals surface area contributed by atoms with Crippen molar-refractivity contribution in [3.8, 4) is 0 Å². The van der Waals surface area contributed by atoms with Crippen molar-refractivity contribution in [2.24, 2.45) is 0 Å². The SMILES string of the molecule is COC[C@H](C)NC(=O)Nc1ccccc1SC. The van der Waals surface area contributed by atoms with Crippen LogP contribution < -0.4 is 10.6 Å². The molecule has 0 unspecified atom stereocenters. The highest BCUT2D eigenvalue weighted by Gasteiger charge is 2.08. The third-order valence-electron chi connectivity index (χ3n) is 2.15. The zero-order valence-corrected chi connectivity index (χ0v) is 11.1. The summed E-state index contributed by atoms with van der Waals surface area (Å²) in [7, 11) is 1.61. The molecule has 0 aromatic heterocycles. The van der Waals surface area contributed by atoms with Crippen LogP contribution in [0.2, 0.25) is 0 Å². The number of carbonyl (C=O) groups excluding carboxylic acids is 1. The van der Waals surface area contributed by atoms with Gasteiger partial charge in [0.15, 0.2) is 0 Å². The molecule has 2 amide bonds. The van der Waals surface area contributed by atoms with Gasteiger partial charge in [0.05, 0.1) is 18.3 Å². The van der Waals surface area contributed by atoms with Crippen molar-refractivity contribution in [3.05, 3.63) is 24.3 Å². The molecule has 4 nitrogen and oxygen atoms in total. The van der Waals surface area contributed by atoms with Gasteiger partial charge in [0.25, 0.3) is 0 Å². The lowest BCUT2D eigenvalue weighted by atomic mass is 10.3. The summed E-state index contributed by atoms with van der Waals surface area (Å²) in [5.74, 6) is 0. The fourth-order valence-electron chi connectivity index (χ4n) is 1.42. The Morgan fingerprint density at radius 1 is 1.47 bits per heavy atom. The maximum absolute atomic E-state index is 11.7. The normalized spacial score (nSPS) is 11.9. The minimum atomic E-state index is -0.212. The summed E-state index contributed by atoms with van der Waals surface area (Å²) >= 11 is 1.60. The van der Waals surface area contributed by atoms with Crippen molar-refractivity contribution in [2.75, 3.05) is 25.3 Å². The Hall–Kier alpha value is -1.20. The molecule has 1 aromatic rings. The average Bonchev–Trinajstić information content (AvgIpc) is 2.29. The van der Waals surface area contributed by atoms with Gasteiger partial charge in [0, 0.05) is 12.0 Å². The van der Waals surface area contributed by atoms with E-state index in [0.717, 1.165) is 10.6 Å². The first kappa shape index (κ1) is 13.9. The molecule has 17 heavy (non-hydrogen) atoms. The number of ether oxygens (including phenoxy) is 1. The number of rotatable bonds is 5. The number of para-hydroxylation sites is 1. The van der Waals surface area contributed by atoms with E-state index in [2.05, 4.69) is 10.6 Å². The third-order valence-corrected chi connectivity index (χ3v) is 2.95. The Kier molecular flexibility index (Phi) is 5.86. The number of carbonyl (C=O) groups is 1. The second kappa shape index (κ2) is 7.19. The standard InChI is InChI=1S/C12H18N2O2S/c1-9(8-16-2)13-12(15)14-10-6-4-5-7-11(10)17-3/h4-7,9H,8H2,1-3H3,(H2,13,14,15)/t9-/m0/s1. The van der Waals surface area contributed by atoms with Crippen LogP contribution >= 0.6 is 11.8 Å². The average molecular weight is 254 g/mol. The number of amides is 2. The highest BCUT2D eigenvalue weighted by Crippen LogP contribution is 2.24. The van der Waals surface area contributed by atoms with Gasteiger partial charge < -0.3 is 15.4 Å². The Morgan fingerprint density at radius 2 is 2.18 bits per heavy atom. The van der Waals surface area contributed by atoms with E-state index >= 15 is 0 Å². The van der Waals surface area contributed by atoms with E-state index in [4.69, 9.17) is 4.74 Å². The van der Waals surface area contributed by atoms with Crippen LogP contribution in [0.1, 0.15) is 6.92 Å². The van der Waals surface area contributed by atoms with Crippen LogP contribution in [0.3, 0.4) is 0 Å². The molecular formula is C12H18N2O2S. The summed E-state index contributed by atoms with van der Waals surface area (Å²) < 4.78 is 4.95. The molecule has 1 aromatic carbocycles. The molecule has 1 rings (SSSR count). The van der Waals surface area contributed by atoms with E-state index in [-0.39, 0.29) is 12.1 Å². The van der Waals surface area contributed by atoms with E-state index in [9.17, 15) is 4.79 Å². The predicted octanol–water partition coefficient (Wildman–Crippen LogP) is 2.56. The molecule has 0 spiro atoms. The van der Waals surface area contributed by atoms with Crippen molar-refractivity contribution < 1.29 is 9.53 Å². The zero-order valence-electron chi connectivity index (χ0n) is 10.3. The summed E-state index contributed by atoms with van der Waals surface area (Å²) in [6, 6.07) is 7.47. The summed E-state index contributed by atoms with van der Waals surface area (Å²) in [4.78, 5) is 12.7. The van der Waals surface area contributed by atoms with Crippen LogP contribution in [0.25, 0.3) is 0 Å². The molecule has 0 saturated carbocycles. The Labute approximate surface area is 106 Å². The molecule has 0 aliphatic heterocycles. The largest absolute Gasteiger partial charge is 0.383 e. The first-order valence-corrected chi connectivity index (χ1v) is 6.59. The first-order chi connectivity index (χ1) is 8.17. The first-order valence-electron chi connectivity index (χ1n) is 5.37. The van der Waals surface area contributed by atoms with Crippen molar-refractivity contribution in [2.45, 2.75) is 17.9 Å². The molecular weight excluding hydrogens is 236 g/mol. The molecule has 0 saturated heterocycles. The topological polar surface area (TPSA) is 50.4 Å². The number of nitrogens with one attached hydrogen (secondary N) is 2. The molecule has 5 heteroatoms. The maximum atomic E-state index is 11.7. The van der Waals surface area contributed by atoms with E-state index in [1.165, 1.54) is 0 Å². The van der Waals surface area contributed by atoms with Gasteiger partial charge in [-0.1, -0.05) is 12.1 Å². The smallest absolute Gasteiger partial charge is 0.319 e. The van der Waals surface area contributed by atoms with Crippen molar-refractivity contribution in [3.63, 3.8) is 0 Å². The Morgan fingerprint density at radius 3 is 2.82 bits per heavy atom. The highest BCUT2D eigenvalue weighted by atomic mass is 32.2. The van der Waals surface area contributed by atoms with Crippen LogP contribution in [0, 0.1) is 0 Å². The minimum absolute atomic E-state index is 0.0126. The number of anilines is 1. The predicted molar refractivity (Wildman–Crippen MR) is 71.7 cm³/mol. The number of methoxy groups -OCH3 is 1. The Bertz CT molecular complexity index is 371. The van der Waals surface area contributed by atoms with Gasteiger partial charge >= 0.3 is 6.03 Å². The second-order valence-electron chi connectivity index (χ2n) is 3.66. The lowest BCUT2D eigenvalue weighted by Gasteiger charge is -2.14. The number of hydrogen-bond donors (Lipinski definition) is 2. The Balaban J connectivity index is 2.55. The number of hydrogen-bond acceptors (Lipinski definition) is 3. The fourth-order valence-corrected chi connectivity index (χ4v) is 1.98. The molecule has 1 atom stereocenters. The number of benzene rings is 1. The third kappa shape index (κ3) is 4.66. The maximum Gasteiger partial charge on any atom is 0.319 e. The van der Waals surface area contributed by atoms with E-state index < -0.39 is 0 Å². The number of urea groups is 1. The van der Waals surface area contributed by atoms with Gasteiger partial charge in [0.2, 0.25) is 0 Å². The monoisotopic (exact) mass is 254 g/mol. The van der Waals surface area contributed by atoms with E-state index in [1.54, 1.807) is 18.9 Å². The van der Waals surface area contributed by atoms with Crippen molar-refractivity contribution in [1.29, 1.82) is 0 Å². The molecule has 94 valence electrons. The zero-order chi connectivity index (χ0) is 12.7. The number of thioether (sulfide) groups is 1. The summed E-state index contributed by atoms with van der Waals surface area (Å²) in [6.07, 6.45) is 1.98. The molecule has 0 heterocycles. The van der Waals surface area contributed by atoms with Crippen LogP contribution in [0.4, 0.5) is 10.5 Å². The van der Waals surface area contributed by atoms with Crippen molar-refractivity contribution in [1.82, 2.24) is 5.32 Å². The molecule has 0 aliphatic rings. The van der Waals surface area contributed by atoms with Gasteiger partial charge in [-0.25, -0.2) is 4.79 Å². The van der Waals surface area contributed by atoms with Crippen LogP contribution in [0.15, 0.2) is 29.2 Å². The summed E-state index contributed by atoms with van der Waals surface area (Å²) in [6.45, 7) is 2.39. The van der Waals surface area contributed by atoms with Gasteiger partial charge in [-0.05, 0) is 25.3 Å². The fraction of sp³-hybridized carbons (Fsp3) is 0.417. The molecule has 0 fully saturated rings.